The minimum Gasteiger partial charge on any atom is -0.493 e. The molecule has 2 aromatic rings. The molecule has 0 amide bonds. The number of aliphatic imine (C=N–C) groups is 1. The highest BCUT2D eigenvalue weighted by molar-refractivity contribution is 6.11. The maximum Gasteiger partial charge on any atom is 0.363 e. The summed E-state index contributed by atoms with van der Waals surface area (Å²) in [5.74, 6) is 1.18. The molecule has 0 aliphatic carbocycles. The van der Waals surface area contributed by atoms with Crippen LogP contribution in [-0.4, -0.2) is 33.2 Å². The summed E-state index contributed by atoms with van der Waals surface area (Å²) in [6.45, 7) is 2.02. The fourth-order valence-electron chi connectivity index (χ4n) is 2.68. The normalized spacial score (nSPS) is 14.9. The molecule has 144 valence electrons. The number of carbonyl (C=O) groups excluding carboxylic acids is 1. The van der Waals surface area contributed by atoms with Crippen molar-refractivity contribution in [3.8, 4) is 17.2 Å². The van der Waals surface area contributed by atoms with Crippen molar-refractivity contribution in [2.24, 2.45) is 4.99 Å². The summed E-state index contributed by atoms with van der Waals surface area (Å²) in [7, 11) is 4.60. The quantitative estimate of drug-likeness (QED) is 0.560. The van der Waals surface area contributed by atoms with E-state index in [0.29, 0.717) is 22.8 Å². The molecule has 0 bridgehead atoms. The number of ether oxygens (including phenoxy) is 4. The Morgan fingerprint density at radius 3 is 2.11 bits per heavy atom. The fraction of sp³-hybridized carbons (Fsp3) is 0.182. The third-order valence-electron chi connectivity index (χ3n) is 4.12. The van der Waals surface area contributed by atoms with Crippen LogP contribution in [-0.2, 0) is 9.53 Å². The minimum atomic E-state index is -0.516. The van der Waals surface area contributed by atoms with E-state index in [9.17, 15) is 4.79 Å². The van der Waals surface area contributed by atoms with E-state index in [1.54, 1.807) is 24.3 Å². The van der Waals surface area contributed by atoms with Crippen LogP contribution in [0.4, 0.5) is 0 Å². The highest BCUT2D eigenvalue weighted by Gasteiger charge is 2.22. The number of carbonyl (C=O) groups is 1. The molecule has 2 aromatic carbocycles. The Bertz CT molecular complexity index is 946. The summed E-state index contributed by atoms with van der Waals surface area (Å²) >= 11 is 0. The lowest BCUT2D eigenvalue weighted by molar-refractivity contribution is -0.129. The number of esters is 1. The molecule has 0 saturated heterocycles. The number of benzene rings is 2. The van der Waals surface area contributed by atoms with Gasteiger partial charge in [0.2, 0.25) is 11.6 Å². The van der Waals surface area contributed by atoms with Crippen LogP contribution in [0.5, 0.6) is 17.2 Å². The van der Waals surface area contributed by atoms with Gasteiger partial charge in [-0.05, 0) is 42.3 Å². The molecule has 0 fully saturated rings. The average Bonchev–Trinajstić information content (AvgIpc) is 3.05. The summed E-state index contributed by atoms with van der Waals surface area (Å²) in [6.07, 6.45) is 5.12. The Kier molecular flexibility index (Phi) is 5.79. The third kappa shape index (κ3) is 4.23. The lowest BCUT2D eigenvalue weighted by atomic mass is 10.1. The summed E-state index contributed by atoms with van der Waals surface area (Å²) in [5.41, 5.74) is 3.04. The van der Waals surface area contributed by atoms with Crippen molar-refractivity contribution in [1.82, 2.24) is 0 Å². The van der Waals surface area contributed by atoms with Gasteiger partial charge < -0.3 is 18.9 Å². The monoisotopic (exact) mass is 379 g/mol. The molecule has 0 N–H and O–H groups in total. The van der Waals surface area contributed by atoms with E-state index in [2.05, 4.69) is 4.99 Å². The van der Waals surface area contributed by atoms with Gasteiger partial charge in [-0.2, -0.15) is 0 Å². The Morgan fingerprint density at radius 2 is 1.54 bits per heavy atom. The van der Waals surface area contributed by atoms with E-state index < -0.39 is 5.97 Å². The Hall–Kier alpha value is -3.54. The van der Waals surface area contributed by atoms with E-state index in [1.165, 1.54) is 26.9 Å². The first-order chi connectivity index (χ1) is 13.5. The van der Waals surface area contributed by atoms with Gasteiger partial charge in [0.1, 0.15) is 0 Å². The molecule has 0 atom stereocenters. The Balaban J connectivity index is 1.87. The van der Waals surface area contributed by atoms with Crippen LogP contribution in [0, 0.1) is 6.92 Å². The number of aryl methyl sites for hydroxylation is 1. The highest BCUT2D eigenvalue weighted by atomic mass is 16.6. The van der Waals surface area contributed by atoms with Crippen molar-refractivity contribution in [3.05, 3.63) is 64.9 Å². The summed E-state index contributed by atoms with van der Waals surface area (Å²) in [5, 5.41) is 0. The maximum absolute atomic E-state index is 12.2. The summed E-state index contributed by atoms with van der Waals surface area (Å²) < 4.78 is 21.2. The molecule has 0 aromatic heterocycles. The topological polar surface area (TPSA) is 66.4 Å². The van der Waals surface area contributed by atoms with Gasteiger partial charge in [-0.3, -0.25) is 0 Å². The molecule has 0 saturated carbocycles. The zero-order valence-corrected chi connectivity index (χ0v) is 16.2. The molecule has 1 heterocycles. The van der Waals surface area contributed by atoms with Crippen LogP contribution in [0.1, 0.15) is 16.7 Å². The van der Waals surface area contributed by atoms with Crippen molar-refractivity contribution in [2.45, 2.75) is 6.92 Å². The van der Waals surface area contributed by atoms with Crippen molar-refractivity contribution in [2.75, 3.05) is 21.3 Å². The molecule has 0 radical (unpaired) electrons. The Morgan fingerprint density at radius 1 is 0.893 bits per heavy atom. The lowest BCUT2D eigenvalue weighted by Crippen LogP contribution is -2.01. The lowest BCUT2D eigenvalue weighted by Gasteiger charge is -2.12. The van der Waals surface area contributed by atoms with Crippen LogP contribution in [0.3, 0.4) is 0 Å². The number of methoxy groups -OCH3 is 3. The highest BCUT2D eigenvalue weighted by Crippen LogP contribution is 2.38. The second-order valence-corrected chi connectivity index (χ2v) is 6.07. The molecular formula is C22H21NO5. The van der Waals surface area contributed by atoms with Crippen LogP contribution < -0.4 is 14.2 Å². The van der Waals surface area contributed by atoms with E-state index in [1.807, 2.05) is 37.3 Å². The number of rotatable bonds is 6. The van der Waals surface area contributed by atoms with Gasteiger partial charge in [-0.15, -0.1) is 0 Å². The van der Waals surface area contributed by atoms with Crippen LogP contribution in [0.2, 0.25) is 0 Å². The largest absolute Gasteiger partial charge is 0.493 e. The van der Waals surface area contributed by atoms with Crippen LogP contribution in [0.25, 0.3) is 12.2 Å². The van der Waals surface area contributed by atoms with Gasteiger partial charge in [0.15, 0.2) is 17.2 Å². The standard InChI is InChI=1S/C22H21NO5/c1-14-5-7-15(8-6-14)9-10-20-23-17(22(24)28-20)11-16-12-18(25-2)21(27-4)19(13-16)26-3/h5-13H,1-4H3/b10-9+,17-11-. The van der Waals surface area contributed by atoms with E-state index in [4.69, 9.17) is 18.9 Å². The first kappa shape index (κ1) is 19.2. The number of cyclic esters (lactones) is 1. The van der Waals surface area contributed by atoms with Crippen molar-refractivity contribution < 1.29 is 23.7 Å². The second kappa shape index (κ2) is 8.43. The summed E-state index contributed by atoms with van der Waals surface area (Å²) in [6, 6.07) is 11.5. The maximum atomic E-state index is 12.2. The summed E-state index contributed by atoms with van der Waals surface area (Å²) in [4.78, 5) is 16.4. The predicted octanol–water partition coefficient (Wildman–Crippen LogP) is 4.03. The van der Waals surface area contributed by atoms with Gasteiger partial charge in [0.25, 0.3) is 0 Å². The minimum absolute atomic E-state index is 0.192. The number of hydrogen-bond acceptors (Lipinski definition) is 6. The second-order valence-electron chi connectivity index (χ2n) is 6.07. The average molecular weight is 379 g/mol. The van der Waals surface area contributed by atoms with E-state index >= 15 is 0 Å². The van der Waals surface area contributed by atoms with Gasteiger partial charge in [-0.1, -0.05) is 29.8 Å². The first-order valence-electron chi connectivity index (χ1n) is 8.61. The molecule has 0 spiro atoms. The van der Waals surface area contributed by atoms with Crippen LogP contribution >= 0.6 is 0 Å². The molecule has 1 aliphatic heterocycles. The fourth-order valence-corrected chi connectivity index (χ4v) is 2.68. The first-order valence-corrected chi connectivity index (χ1v) is 8.61. The molecule has 6 heteroatoms. The molecule has 28 heavy (non-hydrogen) atoms. The van der Waals surface area contributed by atoms with Crippen molar-refractivity contribution in [3.63, 3.8) is 0 Å². The van der Waals surface area contributed by atoms with E-state index in [-0.39, 0.29) is 11.6 Å². The molecule has 3 rings (SSSR count). The van der Waals surface area contributed by atoms with Gasteiger partial charge in [-0.25, -0.2) is 9.79 Å². The zero-order valence-electron chi connectivity index (χ0n) is 16.2. The third-order valence-corrected chi connectivity index (χ3v) is 4.12. The SMILES string of the molecule is COc1cc(/C=C2N=C(/C=C/c3ccc(C)cc3)OC\2=O)cc(OC)c1OC. The molecule has 0 unspecified atom stereocenters. The smallest absolute Gasteiger partial charge is 0.363 e. The predicted molar refractivity (Wildman–Crippen MR) is 108 cm³/mol. The van der Waals surface area contributed by atoms with Crippen LogP contribution in [0.15, 0.2) is 53.2 Å². The van der Waals surface area contributed by atoms with Crippen molar-refractivity contribution >= 4 is 24.0 Å². The van der Waals surface area contributed by atoms with Gasteiger partial charge in [0.05, 0.1) is 21.3 Å². The molecular weight excluding hydrogens is 358 g/mol. The molecule has 1 aliphatic rings. The number of nitrogens with zero attached hydrogens (tertiary/aromatic N) is 1. The van der Waals surface area contributed by atoms with Gasteiger partial charge in [0, 0.05) is 6.08 Å². The van der Waals surface area contributed by atoms with Crippen molar-refractivity contribution in [1.29, 1.82) is 0 Å². The van der Waals surface area contributed by atoms with E-state index in [0.717, 1.165) is 5.56 Å². The zero-order chi connectivity index (χ0) is 20.1. The Labute approximate surface area is 163 Å². The number of hydrogen-bond donors (Lipinski definition) is 0. The van der Waals surface area contributed by atoms with Gasteiger partial charge >= 0.3 is 5.97 Å². The molecule has 6 nitrogen and oxygen atoms in total.